The lowest BCUT2D eigenvalue weighted by Crippen LogP contribution is -2.49. The molecule has 7 heteroatoms. The van der Waals surface area contributed by atoms with Gasteiger partial charge in [0.2, 0.25) is 0 Å². The van der Waals surface area contributed by atoms with Gasteiger partial charge in [-0.05, 0) is 12.3 Å². The number of hydrogen-bond acceptors (Lipinski definition) is 7. The van der Waals surface area contributed by atoms with Gasteiger partial charge in [0, 0.05) is 0 Å². The van der Waals surface area contributed by atoms with Gasteiger partial charge in [0.15, 0.2) is 6.10 Å². The third-order valence-corrected chi connectivity index (χ3v) is 4.17. The Kier molecular flexibility index (Phi) is 14.0. The molecule has 0 aliphatic heterocycles. The normalized spacial score (nSPS) is 16.5. The highest BCUT2D eigenvalue weighted by molar-refractivity contribution is 5.75. The molecule has 0 radical (unpaired) electrons. The number of rotatable bonds is 15. The van der Waals surface area contributed by atoms with Crippen LogP contribution in [-0.4, -0.2) is 69.1 Å². The van der Waals surface area contributed by atoms with Gasteiger partial charge >= 0.3 is 5.97 Å². The van der Waals surface area contributed by atoms with Gasteiger partial charge in [0.1, 0.15) is 18.3 Å². The molecule has 0 spiro atoms. The molecule has 0 amide bonds. The minimum atomic E-state index is -1.96. The lowest BCUT2D eigenvalue weighted by atomic mass is 10.0. The lowest BCUT2D eigenvalue weighted by molar-refractivity contribution is -0.170. The van der Waals surface area contributed by atoms with E-state index < -0.39 is 37.0 Å². The van der Waals surface area contributed by atoms with Crippen LogP contribution in [0.3, 0.4) is 0 Å². The minimum Gasteiger partial charge on any atom is -0.464 e. The molecule has 0 aliphatic carbocycles. The highest BCUT2D eigenvalue weighted by Crippen LogP contribution is 2.12. The van der Waals surface area contributed by atoms with Crippen LogP contribution in [0.2, 0.25) is 0 Å². The molecule has 5 N–H and O–H groups in total. The summed E-state index contributed by atoms with van der Waals surface area (Å²) in [6.45, 7) is 3.80. The molecule has 0 rings (SSSR count). The second kappa shape index (κ2) is 14.4. The van der Waals surface area contributed by atoms with E-state index in [4.69, 9.17) is 9.84 Å². The second-order valence-corrected chi connectivity index (χ2v) is 7.00. The van der Waals surface area contributed by atoms with Crippen LogP contribution in [0.25, 0.3) is 0 Å². The first kappa shape index (κ1) is 24.3. The van der Waals surface area contributed by atoms with Crippen molar-refractivity contribution in [2.24, 2.45) is 5.92 Å². The Morgan fingerprint density at radius 3 is 1.88 bits per heavy atom. The van der Waals surface area contributed by atoms with Crippen molar-refractivity contribution < 1.29 is 35.1 Å². The summed E-state index contributed by atoms with van der Waals surface area (Å²) in [4.78, 5) is 11.6. The fraction of sp³-hybridized carbons (Fsp3) is 0.944. The summed E-state index contributed by atoms with van der Waals surface area (Å²) in [5.74, 6) is -0.290. The molecular formula is C18H36O7. The van der Waals surface area contributed by atoms with Crippen LogP contribution in [0, 0.1) is 5.92 Å². The zero-order valence-corrected chi connectivity index (χ0v) is 15.5. The van der Waals surface area contributed by atoms with Crippen molar-refractivity contribution in [2.45, 2.75) is 89.6 Å². The van der Waals surface area contributed by atoms with Crippen LogP contribution in [0.4, 0.5) is 0 Å². The van der Waals surface area contributed by atoms with Crippen molar-refractivity contribution in [2.75, 3.05) is 13.2 Å². The molecular weight excluding hydrogens is 328 g/mol. The number of carbonyl (C=O) groups is 1. The highest BCUT2D eigenvalue weighted by Gasteiger charge is 2.35. The number of unbranched alkanes of at least 4 members (excludes halogenated alkanes) is 6. The standard InChI is InChI=1S/C18H36O7/c1-13(2)10-8-6-4-3-5-7-9-11-25-18(24)17(23)16(22)15(21)14(20)12-19/h13-17,19-23H,3-12H2,1-2H3. The van der Waals surface area contributed by atoms with Gasteiger partial charge in [-0.3, -0.25) is 0 Å². The average molecular weight is 364 g/mol. The second-order valence-electron chi connectivity index (χ2n) is 7.00. The zero-order valence-electron chi connectivity index (χ0n) is 15.5. The first-order chi connectivity index (χ1) is 11.8. The van der Waals surface area contributed by atoms with E-state index >= 15 is 0 Å². The van der Waals surface area contributed by atoms with Gasteiger partial charge in [-0.25, -0.2) is 4.79 Å². The molecule has 0 aromatic carbocycles. The molecule has 25 heavy (non-hydrogen) atoms. The number of aliphatic hydroxyl groups excluding tert-OH is 5. The van der Waals surface area contributed by atoms with Gasteiger partial charge in [-0.2, -0.15) is 0 Å². The van der Waals surface area contributed by atoms with Crippen molar-refractivity contribution in [3.63, 3.8) is 0 Å². The van der Waals surface area contributed by atoms with Crippen LogP contribution in [0.15, 0.2) is 0 Å². The smallest absolute Gasteiger partial charge is 0.337 e. The Labute approximate surface area is 150 Å². The summed E-state index contributed by atoms with van der Waals surface area (Å²) in [5, 5.41) is 46.4. The number of esters is 1. The predicted octanol–water partition coefficient (Wildman–Crippen LogP) is 0.742. The number of hydrogen-bond donors (Lipinski definition) is 5. The molecule has 0 aromatic heterocycles. The Morgan fingerprint density at radius 2 is 1.36 bits per heavy atom. The van der Waals surface area contributed by atoms with E-state index in [-0.39, 0.29) is 6.61 Å². The van der Waals surface area contributed by atoms with Crippen molar-refractivity contribution in [1.29, 1.82) is 0 Å². The summed E-state index contributed by atoms with van der Waals surface area (Å²) in [5.41, 5.74) is 0. The number of ether oxygens (including phenoxy) is 1. The zero-order chi connectivity index (χ0) is 19.2. The van der Waals surface area contributed by atoms with Gasteiger partial charge in [-0.1, -0.05) is 58.8 Å². The summed E-state index contributed by atoms with van der Waals surface area (Å²) in [6.07, 6.45) is 1.45. The van der Waals surface area contributed by atoms with E-state index in [9.17, 15) is 25.2 Å². The van der Waals surface area contributed by atoms with Gasteiger partial charge in [0.05, 0.1) is 13.2 Å². The molecule has 0 saturated carbocycles. The molecule has 0 fully saturated rings. The van der Waals surface area contributed by atoms with Crippen molar-refractivity contribution in [3.8, 4) is 0 Å². The first-order valence-corrected chi connectivity index (χ1v) is 9.31. The third-order valence-electron chi connectivity index (χ3n) is 4.17. The van der Waals surface area contributed by atoms with Crippen molar-refractivity contribution in [1.82, 2.24) is 0 Å². The van der Waals surface area contributed by atoms with Gasteiger partial charge < -0.3 is 30.3 Å². The van der Waals surface area contributed by atoms with Crippen LogP contribution < -0.4 is 0 Å². The molecule has 0 bridgehead atoms. The van der Waals surface area contributed by atoms with Crippen molar-refractivity contribution in [3.05, 3.63) is 0 Å². The first-order valence-electron chi connectivity index (χ1n) is 9.31. The third kappa shape index (κ3) is 11.5. The van der Waals surface area contributed by atoms with Crippen LogP contribution >= 0.6 is 0 Å². The summed E-state index contributed by atoms with van der Waals surface area (Å²) in [7, 11) is 0. The average Bonchev–Trinajstić information content (AvgIpc) is 2.59. The molecule has 0 saturated heterocycles. The van der Waals surface area contributed by atoms with E-state index in [0.29, 0.717) is 6.42 Å². The SMILES string of the molecule is CC(C)CCCCCCCCCOC(=O)C(O)C(O)C(O)C(O)CO. The number of carbonyl (C=O) groups excluding carboxylic acids is 1. The summed E-state index contributed by atoms with van der Waals surface area (Å²) < 4.78 is 4.86. The quantitative estimate of drug-likeness (QED) is 0.214. The monoisotopic (exact) mass is 364 g/mol. The fourth-order valence-corrected chi connectivity index (χ4v) is 2.46. The van der Waals surface area contributed by atoms with E-state index in [1.165, 1.54) is 25.7 Å². The molecule has 4 atom stereocenters. The molecule has 150 valence electrons. The Balaban J connectivity index is 3.69. The van der Waals surface area contributed by atoms with Gasteiger partial charge in [0.25, 0.3) is 0 Å². The maximum Gasteiger partial charge on any atom is 0.337 e. The fourth-order valence-electron chi connectivity index (χ4n) is 2.46. The highest BCUT2D eigenvalue weighted by atomic mass is 16.5. The van der Waals surface area contributed by atoms with Crippen molar-refractivity contribution >= 4 is 5.97 Å². The topological polar surface area (TPSA) is 127 Å². The molecule has 7 nitrogen and oxygen atoms in total. The Bertz CT molecular complexity index is 335. The maximum absolute atomic E-state index is 11.6. The van der Waals surface area contributed by atoms with Crippen LogP contribution in [0.1, 0.15) is 65.2 Å². The van der Waals surface area contributed by atoms with E-state index in [2.05, 4.69) is 13.8 Å². The minimum absolute atomic E-state index is 0.134. The lowest BCUT2D eigenvalue weighted by Gasteiger charge is -2.24. The van der Waals surface area contributed by atoms with E-state index in [1.807, 2.05) is 0 Å². The molecule has 0 heterocycles. The van der Waals surface area contributed by atoms with Gasteiger partial charge in [-0.15, -0.1) is 0 Å². The van der Waals surface area contributed by atoms with E-state index in [1.54, 1.807) is 0 Å². The van der Waals surface area contributed by atoms with Crippen LogP contribution in [0.5, 0.6) is 0 Å². The van der Waals surface area contributed by atoms with E-state index in [0.717, 1.165) is 25.2 Å². The maximum atomic E-state index is 11.6. The Hall–Kier alpha value is -0.730. The molecule has 4 unspecified atom stereocenters. The van der Waals surface area contributed by atoms with Crippen LogP contribution in [-0.2, 0) is 9.53 Å². The number of aliphatic hydroxyl groups is 5. The largest absolute Gasteiger partial charge is 0.464 e. The molecule has 0 aliphatic rings. The summed E-state index contributed by atoms with van der Waals surface area (Å²) in [6, 6.07) is 0. The molecule has 0 aromatic rings. The predicted molar refractivity (Wildman–Crippen MR) is 93.8 cm³/mol. The Morgan fingerprint density at radius 1 is 0.840 bits per heavy atom. The summed E-state index contributed by atoms with van der Waals surface area (Å²) >= 11 is 0.